The van der Waals surface area contributed by atoms with Crippen molar-refractivity contribution in [3.8, 4) is 11.3 Å². The summed E-state index contributed by atoms with van der Waals surface area (Å²) >= 11 is 0. The number of carbonyl (C=O) groups is 1. The van der Waals surface area contributed by atoms with Crippen molar-refractivity contribution in [2.75, 3.05) is 20.1 Å². The molecule has 3 rings (SSSR count). The first-order chi connectivity index (χ1) is 12.8. The van der Waals surface area contributed by atoms with Gasteiger partial charge in [-0.25, -0.2) is 4.98 Å². The van der Waals surface area contributed by atoms with Crippen LogP contribution < -0.4 is 10.6 Å². The van der Waals surface area contributed by atoms with E-state index in [2.05, 4.69) is 20.8 Å². The maximum Gasteiger partial charge on any atom is 0.416 e. The molecule has 142 valence electrons. The number of aryl methyl sites for hydroxylation is 1. The van der Waals surface area contributed by atoms with Crippen molar-refractivity contribution in [3.05, 3.63) is 47.2 Å². The minimum absolute atomic E-state index is 0.0983. The largest absolute Gasteiger partial charge is 0.416 e. The quantitative estimate of drug-likeness (QED) is 0.667. The van der Waals surface area contributed by atoms with Crippen molar-refractivity contribution in [3.63, 3.8) is 0 Å². The molecule has 0 unspecified atom stereocenters. The highest BCUT2D eigenvalue weighted by Crippen LogP contribution is 2.33. The summed E-state index contributed by atoms with van der Waals surface area (Å²) in [5.41, 5.74) is 0.458. The molecule has 2 aromatic heterocycles. The first-order valence-corrected chi connectivity index (χ1v) is 8.18. The average Bonchev–Trinajstić information content (AvgIpc) is 3.01. The van der Waals surface area contributed by atoms with Gasteiger partial charge in [-0.3, -0.25) is 4.79 Å². The van der Waals surface area contributed by atoms with Crippen LogP contribution in [0.2, 0.25) is 0 Å². The topological polar surface area (TPSA) is 80.0 Å². The molecular formula is C18H17F3N4O2. The second-order valence-corrected chi connectivity index (χ2v) is 5.94. The van der Waals surface area contributed by atoms with E-state index in [0.717, 1.165) is 12.1 Å². The monoisotopic (exact) mass is 378 g/mol. The minimum atomic E-state index is -4.48. The lowest BCUT2D eigenvalue weighted by Crippen LogP contribution is -2.30. The van der Waals surface area contributed by atoms with Crippen molar-refractivity contribution in [2.45, 2.75) is 13.1 Å². The number of benzene rings is 1. The molecular weight excluding hydrogens is 361 g/mol. The van der Waals surface area contributed by atoms with Gasteiger partial charge in [0.25, 0.3) is 11.6 Å². The van der Waals surface area contributed by atoms with E-state index in [1.807, 2.05) is 0 Å². The van der Waals surface area contributed by atoms with Crippen LogP contribution in [0.15, 0.2) is 34.9 Å². The van der Waals surface area contributed by atoms with Crippen LogP contribution in [0.1, 0.15) is 21.6 Å². The van der Waals surface area contributed by atoms with E-state index in [4.69, 9.17) is 4.52 Å². The molecule has 1 aromatic carbocycles. The molecule has 0 aliphatic rings. The first-order valence-electron chi connectivity index (χ1n) is 8.18. The van der Waals surface area contributed by atoms with Gasteiger partial charge < -0.3 is 15.2 Å². The molecule has 6 nitrogen and oxygen atoms in total. The maximum atomic E-state index is 13.0. The molecule has 2 N–H and O–H groups in total. The summed E-state index contributed by atoms with van der Waals surface area (Å²) in [7, 11) is 1.76. The highest BCUT2D eigenvalue weighted by Gasteiger charge is 2.30. The third-order valence-corrected chi connectivity index (χ3v) is 4.01. The number of hydrogen-bond acceptors (Lipinski definition) is 5. The number of nitrogens with one attached hydrogen (secondary N) is 2. The second-order valence-electron chi connectivity index (χ2n) is 5.94. The van der Waals surface area contributed by atoms with Crippen LogP contribution >= 0.6 is 0 Å². The molecule has 0 spiro atoms. The standard InChI is InChI=1S/C18H17F3N4O2/c1-10-15-13(16(26)23-7-6-22-2)9-14(24-17(15)27-25-10)11-4-3-5-12(8-11)18(19,20)21/h3-5,8-9,22H,6-7H2,1-2H3,(H,23,26). The van der Waals surface area contributed by atoms with E-state index in [0.29, 0.717) is 24.2 Å². The Morgan fingerprint density at radius 3 is 2.70 bits per heavy atom. The number of rotatable bonds is 5. The molecule has 0 saturated carbocycles. The molecule has 0 aliphatic heterocycles. The van der Waals surface area contributed by atoms with Crippen LogP contribution in [0, 0.1) is 6.92 Å². The number of carbonyl (C=O) groups excluding carboxylic acids is 1. The highest BCUT2D eigenvalue weighted by atomic mass is 19.4. The Morgan fingerprint density at radius 2 is 2.00 bits per heavy atom. The van der Waals surface area contributed by atoms with E-state index in [9.17, 15) is 18.0 Å². The third kappa shape index (κ3) is 3.92. The van der Waals surface area contributed by atoms with Crippen LogP contribution in [0.25, 0.3) is 22.4 Å². The van der Waals surface area contributed by atoms with Gasteiger partial charge in [-0.05, 0) is 32.2 Å². The van der Waals surface area contributed by atoms with Gasteiger partial charge in [0.05, 0.1) is 27.9 Å². The van der Waals surface area contributed by atoms with Gasteiger partial charge in [0, 0.05) is 18.7 Å². The zero-order valence-electron chi connectivity index (χ0n) is 14.6. The van der Waals surface area contributed by atoms with Gasteiger partial charge in [-0.1, -0.05) is 17.3 Å². The van der Waals surface area contributed by atoms with Crippen LogP contribution in [-0.4, -0.2) is 36.2 Å². The average molecular weight is 378 g/mol. The zero-order chi connectivity index (χ0) is 19.6. The van der Waals surface area contributed by atoms with E-state index < -0.39 is 11.7 Å². The van der Waals surface area contributed by atoms with Gasteiger partial charge in [-0.2, -0.15) is 13.2 Å². The number of amides is 1. The van der Waals surface area contributed by atoms with E-state index >= 15 is 0 Å². The number of aromatic nitrogens is 2. The Balaban J connectivity index is 2.09. The lowest BCUT2D eigenvalue weighted by molar-refractivity contribution is -0.137. The van der Waals surface area contributed by atoms with Crippen LogP contribution in [0.4, 0.5) is 13.2 Å². The lowest BCUT2D eigenvalue weighted by atomic mass is 10.0. The Bertz CT molecular complexity index is 982. The van der Waals surface area contributed by atoms with Gasteiger partial charge in [0.2, 0.25) is 0 Å². The molecule has 0 aliphatic carbocycles. The molecule has 1 amide bonds. The van der Waals surface area contributed by atoms with Gasteiger partial charge >= 0.3 is 6.18 Å². The minimum Gasteiger partial charge on any atom is -0.351 e. The van der Waals surface area contributed by atoms with Crippen LogP contribution in [0.3, 0.4) is 0 Å². The van der Waals surface area contributed by atoms with Crippen molar-refractivity contribution in [2.24, 2.45) is 0 Å². The van der Waals surface area contributed by atoms with E-state index in [-0.39, 0.29) is 28.4 Å². The number of fused-ring (bicyclic) bond motifs is 1. The molecule has 27 heavy (non-hydrogen) atoms. The summed E-state index contributed by atoms with van der Waals surface area (Å²) in [4.78, 5) is 16.8. The summed E-state index contributed by atoms with van der Waals surface area (Å²) in [5.74, 6) is -0.378. The molecule has 0 atom stereocenters. The molecule has 0 fully saturated rings. The smallest absolute Gasteiger partial charge is 0.351 e. The van der Waals surface area contributed by atoms with Crippen molar-refractivity contribution in [1.82, 2.24) is 20.8 Å². The molecule has 9 heteroatoms. The summed E-state index contributed by atoms with van der Waals surface area (Å²) < 4.78 is 44.2. The number of pyridine rings is 1. The van der Waals surface area contributed by atoms with Gasteiger partial charge in [0.1, 0.15) is 0 Å². The predicted octanol–water partition coefficient (Wildman–Crippen LogP) is 3.17. The molecule has 2 heterocycles. The summed E-state index contributed by atoms with van der Waals surface area (Å²) in [5, 5.41) is 9.91. The fourth-order valence-electron chi connectivity index (χ4n) is 2.67. The van der Waals surface area contributed by atoms with Gasteiger partial charge in [-0.15, -0.1) is 0 Å². The zero-order valence-corrected chi connectivity index (χ0v) is 14.6. The Morgan fingerprint density at radius 1 is 1.22 bits per heavy atom. The molecule has 0 radical (unpaired) electrons. The number of nitrogens with zero attached hydrogens (tertiary/aromatic N) is 2. The van der Waals surface area contributed by atoms with Crippen molar-refractivity contribution in [1.29, 1.82) is 0 Å². The Hall–Kier alpha value is -2.94. The second kappa shape index (κ2) is 7.36. The number of hydrogen-bond donors (Lipinski definition) is 2. The predicted molar refractivity (Wildman–Crippen MR) is 93.2 cm³/mol. The Kier molecular flexibility index (Phi) is 5.13. The van der Waals surface area contributed by atoms with Crippen molar-refractivity contribution >= 4 is 17.0 Å². The summed E-state index contributed by atoms with van der Waals surface area (Å²) in [6, 6.07) is 6.21. The first kappa shape index (κ1) is 18.8. The molecule has 0 bridgehead atoms. The molecule has 3 aromatic rings. The van der Waals surface area contributed by atoms with E-state index in [1.54, 1.807) is 14.0 Å². The lowest BCUT2D eigenvalue weighted by Gasteiger charge is -2.10. The fraction of sp³-hybridized carbons (Fsp3) is 0.278. The fourth-order valence-corrected chi connectivity index (χ4v) is 2.67. The maximum absolute atomic E-state index is 13.0. The van der Waals surface area contributed by atoms with Crippen LogP contribution in [-0.2, 0) is 6.18 Å². The van der Waals surface area contributed by atoms with Crippen LogP contribution in [0.5, 0.6) is 0 Å². The third-order valence-electron chi connectivity index (χ3n) is 4.01. The van der Waals surface area contributed by atoms with E-state index in [1.165, 1.54) is 18.2 Å². The number of likely N-dealkylation sites (N-methyl/N-ethyl adjacent to an activating group) is 1. The van der Waals surface area contributed by atoms with Crippen molar-refractivity contribution < 1.29 is 22.5 Å². The summed E-state index contributed by atoms with van der Waals surface area (Å²) in [6.07, 6.45) is -4.48. The number of halogens is 3. The molecule has 0 saturated heterocycles. The SMILES string of the molecule is CNCCNC(=O)c1cc(-c2cccc(C(F)(F)F)c2)nc2onc(C)c12. The number of alkyl halides is 3. The van der Waals surface area contributed by atoms with Gasteiger partial charge in [0.15, 0.2) is 0 Å². The summed E-state index contributed by atoms with van der Waals surface area (Å²) in [6.45, 7) is 2.63. The normalized spacial score (nSPS) is 11.7. The Labute approximate surface area is 152 Å². The highest BCUT2D eigenvalue weighted by molar-refractivity contribution is 6.07.